The molecule has 2 unspecified atom stereocenters. The van der Waals surface area contributed by atoms with Crippen LogP contribution in [0.4, 0.5) is 0 Å². The molecule has 0 saturated heterocycles. The Hall–Kier alpha value is -0.940. The Bertz CT molecular complexity index is 300. The fraction of sp³-hybridized carbons (Fsp3) is 0.818. The third-order valence-electron chi connectivity index (χ3n) is 2.57. The average Bonchev–Trinajstić information content (AvgIpc) is 2.66. The number of hydrogen-bond acceptors (Lipinski definition) is 4. The van der Waals surface area contributed by atoms with Crippen LogP contribution in [0.15, 0.2) is 6.20 Å². The first-order valence-electron chi connectivity index (χ1n) is 5.81. The van der Waals surface area contributed by atoms with E-state index in [0.717, 1.165) is 31.7 Å². The molecule has 1 aromatic rings. The largest absolute Gasteiger partial charge is 0.384 e. The van der Waals surface area contributed by atoms with E-state index in [-0.39, 0.29) is 6.04 Å². The van der Waals surface area contributed by atoms with Gasteiger partial charge in [0.05, 0.1) is 11.9 Å². The number of nitrogens with zero attached hydrogens (tertiary/aromatic N) is 3. The summed E-state index contributed by atoms with van der Waals surface area (Å²) >= 11 is 0. The number of hydrogen-bond donors (Lipinski definition) is 1. The zero-order valence-corrected chi connectivity index (χ0v) is 10.4. The molecule has 0 aromatic carbocycles. The van der Waals surface area contributed by atoms with Crippen LogP contribution in [0.25, 0.3) is 0 Å². The van der Waals surface area contributed by atoms with Crippen LogP contribution in [0.3, 0.4) is 0 Å². The van der Waals surface area contributed by atoms with Crippen molar-refractivity contribution >= 4 is 0 Å². The predicted molar refractivity (Wildman–Crippen MR) is 62.9 cm³/mol. The Morgan fingerprint density at radius 3 is 2.94 bits per heavy atom. The molecule has 0 aliphatic carbocycles. The highest BCUT2D eigenvalue weighted by molar-refractivity contribution is 5.01. The van der Waals surface area contributed by atoms with Crippen molar-refractivity contribution in [2.24, 2.45) is 11.7 Å². The highest BCUT2D eigenvalue weighted by Crippen LogP contribution is 2.18. The zero-order chi connectivity index (χ0) is 12.0. The summed E-state index contributed by atoms with van der Waals surface area (Å²) in [5, 5.41) is 7.95. The van der Waals surface area contributed by atoms with Gasteiger partial charge in [-0.2, -0.15) is 0 Å². The van der Waals surface area contributed by atoms with Crippen molar-refractivity contribution in [3.63, 3.8) is 0 Å². The second-order valence-corrected chi connectivity index (χ2v) is 4.28. The van der Waals surface area contributed by atoms with Gasteiger partial charge in [-0.15, -0.1) is 5.10 Å². The summed E-state index contributed by atoms with van der Waals surface area (Å²) in [5.41, 5.74) is 7.16. The van der Waals surface area contributed by atoms with Crippen molar-refractivity contribution in [2.75, 3.05) is 13.7 Å². The molecule has 0 saturated carbocycles. The highest BCUT2D eigenvalue weighted by atomic mass is 16.5. The third kappa shape index (κ3) is 3.57. The Balaban J connectivity index is 2.57. The maximum Gasteiger partial charge on any atom is 0.0754 e. The van der Waals surface area contributed by atoms with Gasteiger partial charge in [0.1, 0.15) is 0 Å². The van der Waals surface area contributed by atoms with E-state index in [1.165, 1.54) is 0 Å². The van der Waals surface area contributed by atoms with E-state index in [0.29, 0.717) is 5.92 Å². The first-order chi connectivity index (χ1) is 7.69. The van der Waals surface area contributed by atoms with Gasteiger partial charge < -0.3 is 10.5 Å². The van der Waals surface area contributed by atoms with Crippen LogP contribution in [0.5, 0.6) is 0 Å². The lowest BCUT2D eigenvalue weighted by atomic mass is 10.0. The van der Waals surface area contributed by atoms with Gasteiger partial charge >= 0.3 is 0 Å². The summed E-state index contributed by atoms with van der Waals surface area (Å²) in [6.45, 7) is 5.87. The van der Waals surface area contributed by atoms with Crippen LogP contribution in [-0.4, -0.2) is 28.7 Å². The molecule has 2 N–H and O–H groups in total. The highest BCUT2D eigenvalue weighted by Gasteiger charge is 2.15. The third-order valence-corrected chi connectivity index (χ3v) is 2.57. The van der Waals surface area contributed by atoms with E-state index in [2.05, 4.69) is 24.2 Å². The summed E-state index contributed by atoms with van der Waals surface area (Å²) in [7, 11) is 1.71. The molecule has 0 radical (unpaired) electrons. The first kappa shape index (κ1) is 13.1. The van der Waals surface area contributed by atoms with Gasteiger partial charge in [-0.3, -0.25) is 0 Å². The molecule has 1 heterocycles. The lowest BCUT2D eigenvalue weighted by molar-refractivity contribution is 0.151. The average molecular weight is 226 g/mol. The molecular formula is C11H22N4O. The molecule has 0 spiro atoms. The lowest BCUT2D eigenvalue weighted by Gasteiger charge is -2.17. The normalized spacial score (nSPS) is 15.0. The fourth-order valence-electron chi connectivity index (χ4n) is 1.85. The molecule has 0 aliphatic heterocycles. The lowest BCUT2D eigenvalue weighted by Crippen LogP contribution is -2.20. The smallest absolute Gasteiger partial charge is 0.0754 e. The second-order valence-electron chi connectivity index (χ2n) is 4.28. The Morgan fingerprint density at radius 2 is 2.31 bits per heavy atom. The van der Waals surface area contributed by atoms with E-state index >= 15 is 0 Å². The SMILES string of the molecule is CCCn1nncc1C(N)CC(C)COC. The number of nitrogens with two attached hydrogens (primary N) is 1. The van der Waals surface area contributed by atoms with Gasteiger partial charge in [0, 0.05) is 26.3 Å². The summed E-state index contributed by atoms with van der Waals surface area (Å²) < 4.78 is 7.00. The molecule has 16 heavy (non-hydrogen) atoms. The van der Waals surface area contributed by atoms with Crippen molar-refractivity contribution < 1.29 is 4.74 Å². The molecule has 0 bridgehead atoms. The number of aromatic nitrogens is 3. The van der Waals surface area contributed by atoms with Crippen molar-refractivity contribution in [2.45, 2.75) is 39.3 Å². The number of ether oxygens (including phenoxy) is 1. The summed E-state index contributed by atoms with van der Waals surface area (Å²) in [5.74, 6) is 0.449. The maximum atomic E-state index is 6.15. The Kier molecular flexibility index (Phi) is 5.42. The maximum absolute atomic E-state index is 6.15. The molecule has 5 heteroatoms. The minimum Gasteiger partial charge on any atom is -0.384 e. The van der Waals surface area contributed by atoms with Crippen LogP contribution in [-0.2, 0) is 11.3 Å². The second kappa shape index (κ2) is 6.60. The number of aryl methyl sites for hydroxylation is 1. The molecule has 0 fully saturated rings. The molecular weight excluding hydrogens is 204 g/mol. The molecule has 1 aromatic heterocycles. The van der Waals surface area contributed by atoms with Gasteiger partial charge in [-0.25, -0.2) is 4.68 Å². The first-order valence-corrected chi connectivity index (χ1v) is 5.81. The summed E-state index contributed by atoms with van der Waals surface area (Å²) in [6.07, 6.45) is 3.70. The van der Waals surface area contributed by atoms with Gasteiger partial charge in [-0.05, 0) is 18.8 Å². The van der Waals surface area contributed by atoms with Crippen molar-refractivity contribution in [1.29, 1.82) is 0 Å². The van der Waals surface area contributed by atoms with Crippen LogP contribution in [0, 0.1) is 5.92 Å². The number of rotatable bonds is 7. The van der Waals surface area contributed by atoms with Crippen LogP contribution < -0.4 is 5.73 Å². The molecule has 2 atom stereocenters. The Morgan fingerprint density at radius 1 is 1.56 bits per heavy atom. The minimum atomic E-state index is -0.00769. The monoisotopic (exact) mass is 226 g/mol. The van der Waals surface area contributed by atoms with Crippen LogP contribution in [0.1, 0.15) is 38.4 Å². The van der Waals surface area contributed by atoms with E-state index < -0.39 is 0 Å². The van der Waals surface area contributed by atoms with Crippen LogP contribution >= 0.6 is 0 Å². The van der Waals surface area contributed by atoms with Gasteiger partial charge in [0.15, 0.2) is 0 Å². The van der Waals surface area contributed by atoms with E-state index in [1.807, 2.05) is 4.68 Å². The quantitative estimate of drug-likeness (QED) is 0.762. The van der Waals surface area contributed by atoms with Gasteiger partial charge in [0.2, 0.25) is 0 Å². The molecule has 0 aliphatic rings. The van der Waals surface area contributed by atoms with Crippen LogP contribution in [0.2, 0.25) is 0 Å². The van der Waals surface area contributed by atoms with E-state index in [1.54, 1.807) is 13.3 Å². The Labute approximate surface area is 97.0 Å². The standard InChI is InChI=1S/C11H22N4O/c1-4-5-15-11(7-13-14-15)10(12)6-9(2)8-16-3/h7,9-10H,4-6,8,12H2,1-3H3. The predicted octanol–water partition coefficient (Wildman–Crippen LogP) is 1.36. The van der Waals surface area contributed by atoms with Gasteiger partial charge in [0.25, 0.3) is 0 Å². The zero-order valence-electron chi connectivity index (χ0n) is 10.4. The van der Waals surface area contributed by atoms with E-state index in [9.17, 15) is 0 Å². The van der Waals surface area contributed by atoms with E-state index in [4.69, 9.17) is 10.5 Å². The van der Waals surface area contributed by atoms with Crippen molar-refractivity contribution in [3.05, 3.63) is 11.9 Å². The van der Waals surface area contributed by atoms with Crippen molar-refractivity contribution in [1.82, 2.24) is 15.0 Å². The molecule has 5 nitrogen and oxygen atoms in total. The topological polar surface area (TPSA) is 66.0 Å². The number of methoxy groups -OCH3 is 1. The molecule has 0 amide bonds. The van der Waals surface area contributed by atoms with Crippen molar-refractivity contribution in [3.8, 4) is 0 Å². The summed E-state index contributed by atoms with van der Waals surface area (Å²) in [4.78, 5) is 0. The molecule has 92 valence electrons. The minimum absolute atomic E-state index is 0.00769. The summed E-state index contributed by atoms with van der Waals surface area (Å²) in [6, 6.07) is -0.00769. The fourth-order valence-corrected chi connectivity index (χ4v) is 1.85. The molecule has 1 rings (SSSR count). The van der Waals surface area contributed by atoms with Gasteiger partial charge in [-0.1, -0.05) is 19.1 Å².